The van der Waals surface area contributed by atoms with E-state index in [1.54, 1.807) is 10.6 Å². The fraction of sp³-hybridized carbons (Fsp3) is 0.238. The lowest BCUT2D eigenvalue weighted by molar-refractivity contribution is 0.0951. The van der Waals surface area contributed by atoms with Crippen LogP contribution in [0.25, 0.3) is 17.0 Å². The molecule has 1 saturated heterocycles. The van der Waals surface area contributed by atoms with Crippen molar-refractivity contribution in [2.75, 3.05) is 18.9 Å². The van der Waals surface area contributed by atoms with Gasteiger partial charge >= 0.3 is 0 Å². The van der Waals surface area contributed by atoms with E-state index in [1.165, 1.54) is 0 Å². The summed E-state index contributed by atoms with van der Waals surface area (Å²) in [6.07, 6.45) is 4.41. The van der Waals surface area contributed by atoms with Gasteiger partial charge in [0.15, 0.2) is 0 Å². The smallest absolute Gasteiger partial charge is 0.274 e. The topological polar surface area (TPSA) is 88.6 Å². The second-order valence-electron chi connectivity index (χ2n) is 7.30. The van der Waals surface area contributed by atoms with Crippen LogP contribution in [0.15, 0.2) is 53.3 Å². The maximum absolute atomic E-state index is 12.8. The van der Waals surface area contributed by atoms with Gasteiger partial charge in [-0.05, 0) is 44.2 Å². The molecular weight excluding hydrogens is 368 g/mol. The number of imidazole rings is 1. The van der Waals surface area contributed by atoms with Crippen molar-refractivity contribution in [2.45, 2.75) is 19.4 Å². The van der Waals surface area contributed by atoms with Gasteiger partial charge in [-0.3, -0.25) is 14.1 Å². The third kappa shape index (κ3) is 3.07. The van der Waals surface area contributed by atoms with E-state index in [1.807, 2.05) is 56.6 Å². The number of amides is 1. The zero-order chi connectivity index (χ0) is 20.0. The molecule has 3 aromatic heterocycles. The van der Waals surface area contributed by atoms with Gasteiger partial charge in [0, 0.05) is 24.0 Å². The zero-order valence-electron chi connectivity index (χ0n) is 16.2. The molecule has 1 fully saturated rings. The maximum atomic E-state index is 12.8. The molecule has 1 aromatic carbocycles. The van der Waals surface area contributed by atoms with Gasteiger partial charge in [-0.15, -0.1) is 0 Å². The number of benzene rings is 1. The van der Waals surface area contributed by atoms with Crippen LogP contribution in [0, 0.1) is 6.92 Å². The third-order valence-corrected chi connectivity index (χ3v) is 5.41. The predicted octanol–water partition coefficient (Wildman–Crippen LogP) is 3.32. The third-order valence-electron chi connectivity index (χ3n) is 5.41. The summed E-state index contributed by atoms with van der Waals surface area (Å²) < 4.78 is 7.21. The van der Waals surface area contributed by atoms with Crippen LogP contribution in [0.4, 0.5) is 5.69 Å². The summed E-state index contributed by atoms with van der Waals surface area (Å²) in [6.45, 7) is 2.98. The van der Waals surface area contributed by atoms with Crippen molar-refractivity contribution in [1.82, 2.24) is 24.4 Å². The minimum absolute atomic E-state index is 0.191. The standard InChI is InChI=1S/C21H20N6O2/c1-13-6-7-14(19-24-21(29-25-19)16-8-10-26(16)2)11-15(13)23-20(28)17-12-22-18-5-3-4-9-27(17)18/h3-7,9,11-12,16H,8,10H2,1-2H3,(H,23,28)/t16-/m0/s1. The van der Waals surface area contributed by atoms with E-state index >= 15 is 0 Å². The molecule has 0 spiro atoms. The first-order valence-electron chi connectivity index (χ1n) is 9.48. The normalized spacial score (nSPS) is 16.7. The highest BCUT2D eigenvalue weighted by atomic mass is 16.5. The number of nitrogens with one attached hydrogen (secondary N) is 1. The lowest BCUT2D eigenvalue weighted by atomic mass is 10.0. The monoisotopic (exact) mass is 388 g/mol. The zero-order valence-corrected chi connectivity index (χ0v) is 16.2. The highest BCUT2D eigenvalue weighted by molar-refractivity contribution is 6.04. The molecule has 8 nitrogen and oxygen atoms in total. The van der Waals surface area contributed by atoms with E-state index in [0.717, 1.165) is 29.7 Å². The van der Waals surface area contributed by atoms with Crippen molar-refractivity contribution in [3.63, 3.8) is 0 Å². The van der Waals surface area contributed by atoms with Crippen molar-refractivity contribution in [3.8, 4) is 11.4 Å². The van der Waals surface area contributed by atoms with Crippen LogP contribution in [0.1, 0.15) is 34.4 Å². The minimum atomic E-state index is -0.228. The first kappa shape index (κ1) is 17.6. The molecule has 146 valence electrons. The number of rotatable bonds is 4. The van der Waals surface area contributed by atoms with E-state index < -0.39 is 0 Å². The number of nitrogens with zero attached hydrogens (tertiary/aromatic N) is 5. The second-order valence-corrected chi connectivity index (χ2v) is 7.30. The number of fused-ring (bicyclic) bond motifs is 1. The van der Waals surface area contributed by atoms with Crippen LogP contribution in [0.2, 0.25) is 0 Å². The Balaban J connectivity index is 1.42. The number of hydrogen-bond donors (Lipinski definition) is 1. The van der Waals surface area contributed by atoms with Gasteiger partial charge in [0.2, 0.25) is 11.7 Å². The summed E-state index contributed by atoms with van der Waals surface area (Å²) in [5.41, 5.74) is 3.63. The van der Waals surface area contributed by atoms with Crippen LogP contribution in [0.3, 0.4) is 0 Å². The lowest BCUT2D eigenvalue weighted by Crippen LogP contribution is -2.37. The molecule has 1 N–H and O–H groups in total. The summed E-state index contributed by atoms with van der Waals surface area (Å²) in [5.74, 6) is 0.921. The predicted molar refractivity (Wildman–Crippen MR) is 108 cm³/mol. The van der Waals surface area contributed by atoms with Crippen LogP contribution in [0.5, 0.6) is 0 Å². The van der Waals surface area contributed by atoms with Crippen LogP contribution in [-0.4, -0.2) is 43.9 Å². The summed E-state index contributed by atoms with van der Waals surface area (Å²) in [4.78, 5) is 23.8. The molecule has 4 heterocycles. The van der Waals surface area contributed by atoms with Crippen LogP contribution >= 0.6 is 0 Å². The van der Waals surface area contributed by atoms with E-state index in [9.17, 15) is 4.79 Å². The first-order valence-corrected chi connectivity index (χ1v) is 9.48. The van der Waals surface area contributed by atoms with Gasteiger partial charge in [-0.1, -0.05) is 23.4 Å². The van der Waals surface area contributed by atoms with Gasteiger partial charge in [-0.2, -0.15) is 4.98 Å². The van der Waals surface area contributed by atoms with E-state index in [0.29, 0.717) is 23.1 Å². The van der Waals surface area contributed by atoms with E-state index in [2.05, 4.69) is 25.3 Å². The molecule has 0 bridgehead atoms. The van der Waals surface area contributed by atoms with Crippen molar-refractivity contribution in [3.05, 3.63) is 65.9 Å². The molecule has 1 atom stereocenters. The Morgan fingerprint density at radius 3 is 2.97 bits per heavy atom. The molecule has 0 aliphatic carbocycles. The molecule has 5 rings (SSSR count). The van der Waals surface area contributed by atoms with Crippen molar-refractivity contribution in [2.24, 2.45) is 0 Å². The molecule has 1 amide bonds. The van der Waals surface area contributed by atoms with Crippen molar-refractivity contribution < 1.29 is 9.32 Å². The summed E-state index contributed by atoms with van der Waals surface area (Å²) >= 11 is 0. The van der Waals surface area contributed by atoms with E-state index in [-0.39, 0.29) is 11.9 Å². The fourth-order valence-corrected chi connectivity index (χ4v) is 3.50. The SMILES string of the molecule is Cc1ccc(-c2noc([C@@H]3CCN3C)n2)cc1NC(=O)c1cnc2ccccn12. The Labute approximate surface area is 167 Å². The molecule has 0 unspecified atom stereocenters. The molecule has 8 heteroatoms. The quantitative estimate of drug-likeness (QED) is 0.577. The number of hydrogen-bond acceptors (Lipinski definition) is 6. The summed E-state index contributed by atoms with van der Waals surface area (Å²) in [6, 6.07) is 11.5. The van der Waals surface area contributed by atoms with Gasteiger partial charge in [-0.25, -0.2) is 4.98 Å². The maximum Gasteiger partial charge on any atom is 0.274 e. The van der Waals surface area contributed by atoms with Crippen LogP contribution in [-0.2, 0) is 0 Å². The average Bonchev–Trinajstić information content (AvgIpc) is 3.36. The highest BCUT2D eigenvalue weighted by Crippen LogP contribution is 2.32. The number of carbonyl (C=O) groups is 1. The number of anilines is 1. The molecule has 1 aliphatic rings. The molecule has 0 saturated carbocycles. The molecule has 1 aliphatic heterocycles. The lowest BCUT2D eigenvalue weighted by Gasteiger charge is -2.34. The number of likely N-dealkylation sites (tertiary alicyclic amines) is 1. The van der Waals surface area contributed by atoms with Gasteiger partial charge < -0.3 is 9.84 Å². The molecule has 29 heavy (non-hydrogen) atoms. The van der Waals surface area contributed by atoms with Gasteiger partial charge in [0.25, 0.3) is 5.91 Å². The number of aromatic nitrogens is 4. The summed E-state index contributed by atoms with van der Waals surface area (Å²) in [5, 5.41) is 7.10. The number of aryl methyl sites for hydroxylation is 1. The van der Waals surface area contributed by atoms with Gasteiger partial charge in [0.05, 0.1) is 12.2 Å². The van der Waals surface area contributed by atoms with Crippen LogP contribution < -0.4 is 5.32 Å². The van der Waals surface area contributed by atoms with Crippen molar-refractivity contribution in [1.29, 1.82) is 0 Å². The number of pyridine rings is 1. The Bertz CT molecular complexity index is 1210. The van der Waals surface area contributed by atoms with Gasteiger partial charge in [0.1, 0.15) is 11.3 Å². The Morgan fingerprint density at radius 2 is 2.17 bits per heavy atom. The summed E-state index contributed by atoms with van der Waals surface area (Å²) in [7, 11) is 2.04. The largest absolute Gasteiger partial charge is 0.337 e. The Morgan fingerprint density at radius 1 is 1.28 bits per heavy atom. The number of carbonyl (C=O) groups excluding carboxylic acids is 1. The second kappa shape index (κ2) is 6.82. The fourth-order valence-electron chi connectivity index (χ4n) is 3.50. The Hall–Kier alpha value is -3.52. The first-order chi connectivity index (χ1) is 14.1. The molecular formula is C21H20N6O2. The average molecular weight is 388 g/mol. The molecule has 4 aromatic rings. The molecule has 0 radical (unpaired) electrons. The van der Waals surface area contributed by atoms with Crippen molar-refractivity contribution >= 4 is 17.2 Å². The minimum Gasteiger partial charge on any atom is -0.337 e. The highest BCUT2D eigenvalue weighted by Gasteiger charge is 2.31. The van der Waals surface area contributed by atoms with E-state index in [4.69, 9.17) is 4.52 Å². The Kier molecular flexibility index (Phi) is 4.13.